The highest BCUT2D eigenvalue weighted by molar-refractivity contribution is 5.76. The number of hydrogen-bond donors (Lipinski definition) is 3. The van der Waals surface area contributed by atoms with Crippen molar-refractivity contribution in [3.63, 3.8) is 0 Å². The smallest absolute Gasteiger partial charge is 0.305 e. The van der Waals surface area contributed by atoms with Crippen LogP contribution in [0, 0.1) is 0 Å². The van der Waals surface area contributed by atoms with Crippen LogP contribution in [0.4, 0.5) is 0 Å². The Balaban J connectivity index is 3.40. The van der Waals surface area contributed by atoms with Gasteiger partial charge in [0, 0.05) is 12.8 Å². The second-order valence-corrected chi connectivity index (χ2v) is 18.9. The van der Waals surface area contributed by atoms with E-state index in [-0.39, 0.29) is 18.5 Å². The second-order valence-electron chi connectivity index (χ2n) is 18.9. The first-order valence-corrected chi connectivity index (χ1v) is 27.6. The number of carbonyl (C=O) groups excluding carboxylic acids is 2. The molecule has 366 valence electrons. The summed E-state index contributed by atoms with van der Waals surface area (Å²) in [7, 11) is 0. The van der Waals surface area contributed by atoms with E-state index in [2.05, 4.69) is 31.3 Å². The summed E-state index contributed by atoms with van der Waals surface area (Å²) in [5, 5.41) is 22.9. The summed E-state index contributed by atoms with van der Waals surface area (Å²) in [4.78, 5) is 24.4. The van der Waals surface area contributed by atoms with Gasteiger partial charge in [0.05, 0.1) is 25.4 Å². The molecule has 0 aliphatic carbocycles. The van der Waals surface area contributed by atoms with Gasteiger partial charge in [-0.3, -0.25) is 9.59 Å². The van der Waals surface area contributed by atoms with Gasteiger partial charge in [-0.25, -0.2) is 0 Å². The average molecular weight is 874 g/mol. The lowest BCUT2D eigenvalue weighted by atomic mass is 10.0. The molecule has 0 fully saturated rings. The summed E-state index contributed by atoms with van der Waals surface area (Å²) >= 11 is 0. The van der Waals surface area contributed by atoms with Crippen LogP contribution in [0.5, 0.6) is 0 Å². The zero-order valence-electron chi connectivity index (χ0n) is 41.6. The van der Waals surface area contributed by atoms with Gasteiger partial charge in [-0.05, 0) is 57.8 Å². The van der Waals surface area contributed by atoms with E-state index >= 15 is 0 Å². The third-order valence-electron chi connectivity index (χ3n) is 12.7. The van der Waals surface area contributed by atoms with Crippen molar-refractivity contribution in [1.82, 2.24) is 5.32 Å². The number of amides is 1. The number of rotatable bonds is 51. The Kier molecular flexibility index (Phi) is 50.6. The molecule has 0 rings (SSSR count). The number of unbranched alkanes of at least 4 members (excludes halogenated alkanes) is 38. The molecule has 0 aromatic carbocycles. The fraction of sp³-hybridized carbons (Fsp3) is 0.893. The number of nitrogens with one attached hydrogen (secondary N) is 1. The molecule has 3 N–H and O–H groups in total. The van der Waals surface area contributed by atoms with Crippen LogP contribution in [0.25, 0.3) is 0 Å². The van der Waals surface area contributed by atoms with E-state index < -0.39 is 12.1 Å². The first-order chi connectivity index (χ1) is 30.5. The monoisotopic (exact) mass is 874 g/mol. The summed E-state index contributed by atoms with van der Waals surface area (Å²) in [5.74, 6) is -0.0706. The van der Waals surface area contributed by atoms with E-state index in [4.69, 9.17) is 4.74 Å². The number of ether oxygens (including phenoxy) is 1. The molecule has 0 aliphatic rings. The molecule has 0 bridgehead atoms. The Bertz CT molecular complexity index is 966. The van der Waals surface area contributed by atoms with Gasteiger partial charge in [0.2, 0.25) is 5.91 Å². The van der Waals surface area contributed by atoms with E-state index in [1.54, 1.807) is 6.08 Å². The zero-order valence-corrected chi connectivity index (χ0v) is 41.6. The highest BCUT2D eigenvalue weighted by Crippen LogP contribution is 2.16. The minimum Gasteiger partial charge on any atom is -0.466 e. The summed E-state index contributed by atoms with van der Waals surface area (Å²) < 4.78 is 5.48. The highest BCUT2D eigenvalue weighted by Gasteiger charge is 2.18. The Morgan fingerprint density at radius 2 is 0.758 bits per heavy atom. The average Bonchev–Trinajstić information content (AvgIpc) is 3.27. The molecule has 0 heterocycles. The number of hydrogen-bond acceptors (Lipinski definition) is 5. The largest absolute Gasteiger partial charge is 0.466 e. The van der Waals surface area contributed by atoms with E-state index in [0.29, 0.717) is 19.4 Å². The minimum absolute atomic E-state index is 0.00862. The number of allylic oxidation sites excluding steroid dienone is 3. The van der Waals surface area contributed by atoms with E-state index in [0.717, 1.165) is 44.9 Å². The van der Waals surface area contributed by atoms with Gasteiger partial charge >= 0.3 is 5.97 Å². The van der Waals surface area contributed by atoms with Crippen molar-refractivity contribution in [3.05, 3.63) is 24.3 Å². The Morgan fingerprint density at radius 3 is 1.15 bits per heavy atom. The maximum atomic E-state index is 12.4. The van der Waals surface area contributed by atoms with Crippen LogP contribution < -0.4 is 5.32 Å². The first-order valence-electron chi connectivity index (χ1n) is 27.6. The number of aliphatic hydroxyl groups excluding tert-OH is 2. The van der Waals surface area contributed by atoms with Gasteiger partial charge in [-0.2, -0.15) is 0 Å². The molecule has 2 unspecified atom stereocenters. The van der Waals surface area contributed by atoms with E-state index in [9.17, 15) is 19.8 Å². The maximum Gasteiger partial charge on any atom is 0.305 e. The maximum absolute atomic E-state index is 12.4. The second kappa shape index (κ2) is 52.0. The van der Waals surface area contributed by atoms with E-state index in [1.807, 2.05) is 6.08 Å². The van der Waals surface area contributed by atoms with Gasteiger partial charge in [-0.15, -0.1) is 0 Å². The van der Waals surface area contributed by atoms with Crippen molar-refractivity contribution in [3.8, 4) is 0 Å². The van der Waals surface area contributed by atoms with Crippen LogP contribution in [0.15, 0.2) is 24.3 Å². The van der Waals surface area contributed by atoms with Gasteiger partial charge < -0.3 is 20.3 Å². The van der Waals surface area contributed by atoms with Crippen LogP contribution in [0.3, 0.4) is 0 Å². The molecular formula is C56H107NO5. The first kappa shape index (κ1) is 60.3. The minimum atomic E-state index is -0.847. The fourth-order valence-corrected chi connectivity index (χ4v) is 8.45. The van der Waals surface area contributed by atoms with Crippen molar-refractivity contribution in [2.45, 2.75) is 309 Å². The number of esters is 1. The molecule has 62 heavy (non-hydrogen) atoms. The topological polar surface area (TPSA) is 95.9 Å². The van der Waals surface area contributed by atoms with Crippen molar-refractivity contribution >= 4 is 11.9 Å². The predicted molar refractivity (Wildman–Crippen MR) is 269 cm³/mol. The molecule has 0 saturated carbocycles. The van der Waals surface area contributed by atoms with Crippen molar-refractivity contribution < 1.29 is 24.5 Å². The number of carbonyl (C=O) groups is 2. The van der Waals surface area contributed by atoms with Crippen molar-refractivity contribution in [2.24, 2.45) is 0 Å². The molecule has 2 atom stereocenters. The molecule has 6 nitrogen and oxygen atoms in total. The molecule has 0 saturated heterocycles. The van der Waals surface area contributed by atoms with Gasteiger partial charge in [0.25, 0.3) is 0 Å². The van der Waals surface area contributed by atoms with Crippen LogP contribution in [-0.2, 0) is 14.3 Å². The van der Waals surface area contributed by atoms with Crippen molar-refractivity contribution in [1.29, 1.82) is 0 Å². The Labute approximate surface area is 386 Å². The fourth-order valence-electron chi connectivity index (χ4n) is 8.45. The molecule has 0 radical (unpaired) electrons. The molecule has 0 aliphatic heterocycles. The molecule has 0 aromatic heterocycles. The summed E-state index contributed by atoms with van der Waals surface area (Å²) in [6.07, 6.45) is 62.0. The van der Waals surface area contributed by atoms with E-state index in [1.165, 1.54) is 225 Å². The van der Waals surface area contributed by atoms with Crippen LogP contribution >= 0.6 is 0 Å². The predicted octanol–water partition coefficient (Wildman–Crippen LogP) is 16.7. The normalized spacial score (nSPS) is 12.8. The summed E-state index contributed by atoms with van der Waals surface area (Å²) in [6.45, 7) is 4.87. The quantitative estimate of drug-likeness (QED) is 0.0321. The summed E-state index contributed by atoms with van der Waals surface area (Å²) in [5.41, 5.74) is 0. The third-order valence-corrected chi connectivity index (χ3v) is 12.7. The van der Waals surface area contributed by atoms with Crippen LogP contribution in [0.1, 0.15) is 296 Å². The number of aliphatic hydroxyl groups is 2. The molecule has 0 aromatic rings. The summed E-state index contributed by atoms with van der Waals surface area (Å²) in [6, 6.07) is -0.631. The van der Waals surface area contributed by atoms with Gasteiger partial charge in [-0.1, -0.05) is 250 Å². The molecule has 0 spiro atoms. The lowest BCUT2D eigenvalue weighted by Gasteiger charge is -2.20. The molecular weight excluding hydrogens is 767 g/mol. The van der Waals surface area contributed by atoms with Crippen molar-refractivity contribution in [2.75, 3.05) is 13.2 Å². The molecule has 6 heteroatoms. The zero-order chi connectivity index (χ0) is 45.1. The standard InChI is InChI=1S/C56H107NO5/c1-3-5-7-9-11-13-14-15-16-24-27-30-34-38-42-46-50-56(61)62-51-47-43-39-35-31-28-25-22-20-18-17-19-21-23-26-29-33-37-41-45-49-55(60)57-53(52-58)54(59)48-44-40-36-32-12-10-8-6-4-2/h17,19,44,48,53-54,58-59H,3-16,18,20-43,45-47,49-52H2,1-2H3,(H,57,60)/b19-17-,48-44+. The lowest BCUT2D eigenvalue weighted by Crippen LogP contribution is -2.45. The van der Waals surface area contributed by atoms with Gasteiger partial charge in [0.1, 0.15) is 0 Å². The highest BCUT2D eigenvalue weighted by atomic mass is 16.5. The van der Waals surface area contributed by atoms with Crippen LogP contribution in [-0.4, -0.2) is 47.4 Å². The Morgan fingerprint density at radius 1 is 0.435 bits per heavy atom. The third kappa shape index (κ3) is 47.8. The van der Waals surface area contributed by atoms with Crippen LogP contribution in [0.2, 0.25) is 0 Å². The Hall–Kier alpha value is -1.66. The molecule has 1 amide bonds. The lowest BCUT2D eigenvalue weighted by molar-refractivity contribution is -0.143. The van der Waals surface area contributed by atoms with Gasteiger partial charge in [0.15, 0.2) is 0 Å². The SMILES string of the molecule is CCCCCCCCC/C=C/C(O)C(CO)NC(=O)CCCCCCCCC/C=C\CCCCCCCCCCCOC(=O)CCCCCCCCCCCCCCCCCC.